The Balaban J connectivity index is 1.17. The van der Waals surface area contributed by atoms with Gasteiger partial charge in [-0.3, -0.25) is 24.2 Å². The van der Waals surface area contributed by atoms with Gasteiger partial charge in [0.05, 0.1) is 0 Å². The molecule has 0 unspecified atom stereocenters. The third-order valence-corrected chi connectivity index (χ3v) is 6.54. The Bertz CT molecular complexity index is 1310. The zero-order valence-electron chi connectivity index (χ0n) is 18.9. The quantitative estimate of drug-likeness (QED) is 0.418. The van der Waals surface area contributed by atoms with E-state index in [4.69, 9.17) is 0 Å². The first-order chi connectivity index (χ1) is 16.9. The van der Waals surface area contributed by atoms with Crippen LogP contribution in [0.3, 0.4) is 0 Å². The largest absolute Gasteiger partial charge is 0.337 e. The molecule has 1 saturated heterocycles. The van der Waals surface area contributed by atoms with E-state index in [9.17, 15) is 23.2 Å². The summed E-state index contributed by atoms with van der Waals surface area (Å²) in [4.78, 5) is 43.6. The van der Waals surface area contributed by atoms with Crippen LogP contribution in [-0.2, 0) is 4.79 Å². The number of nitrogens with zero attached hydrogens (tertiary/aromatic N) is 3. The summed E-state index contributed by atoms with van der Waals surface area (Å²) in [5.74, 6) is -2.02. The number of amides is 3. The molecule has 2 aliphatic rings. The number of benzene rings is 3. The van der Waals surface area contributed by atoms with E-state index in [1.54, 1.807) is 17.0 Å². The molecule has 0 aliphatic carbocycles. The fraction of sp³-hybridized carbons (Fsp3) is 0.222. The highest BCUT2D eigenvalue weighted by molar-refractivity contribution is 6.25. The molecule has 0 spiro atoms. The molecule has 8 heteroatoms. The van der Waals surface area contributed by atoms with Crippen LogP contribution in [-0.4, -0.2) is 71.7 Å². The summed E-state index contributed by atoms with van der Waals surface area (Å²) in [6.45, 7) is 2.83. The summed E-state index contributed by atoms with van der Waals surface area (Å²) in [5.41, 5.74) is 1.09. The fourth-order valence-corrected chi connectivity index (χ4v) is 4.63. The van der Waals surface area contributed by atoms with Crippen molar-refractivity contribution in [1.82, 2.24) is 14.7 Å². The molecule has 3 aromatic carbocycles. The third-order valence-electron chi connectivity index (χ3n) is 6.54. The summed E-state index contributed by atoms with van der Waals surface area (Å²) < 4.78 is 27.1. The maximum Gasteiger partial charge on any atom is 0.261 e. The maximum atomic E-state index is 13.8. The summed E-state index contributed by atoms with van der Waals surface area (Å²) in [6, 6.07) is 14.0. The first kappa shape index (κ1) is 22.9. The highest BCUT2D eigenvalue weighted by Gasteiger charge is 2.33. The van der Waals surface area contributed by atoms with Gasteiger partial charge in [-0.15, -0.1) is 0 Å². The van der Waals surface area contributed by atoms with Gasteiger partial charge in [0.15, 0.2) is 0 Å². The van der Waals surface area contributed by atoms with Crippen LogP contribution >= 0.6 is 0 Å². The number of hydrogen-bond donors (Lipinski definition) is 0. The molecule has 3 aromatic rings. The van der Waals surface area contributed by atoms with Crippen LogP contribution in [0.5, 0.6) is 0 Å². The Morgan fingerprint density at radius 2 is 1.51 bits per heavy atom. The van der Waals surface area contributed by atoms with E-state index < -0.39 is 11.6 Å². The molecule has 0 atom stereocenters. The van der Waals surface area contributed by atoms with Crippen molar-refractivity contribution in [2.75, 3.05) is 39.3 Å². The number of carbonyl (C=O) groups excluding carboxylic acids is 3. The molecule has 2 heterocycles. The van der Waals surface area contributed by atoms with Crippen molar-refractivity contribution < 1.29 is 23.2 Å². The normalized spacial score (nSPS) is 16.5. The highest BCUT2D eigenvalue weighted by Crippen LogP contribution is 2.29. The van der Waals surface area contributed by atoms with Crippen molar-refractivity contribution in [2.24, 2.45) is 0 Å². The van der Waals surface area contributed by atoms with Gasteiger partial charge >= 0.3 is 0 Å². The standard InChI is InChI=1S/C27H23F2N3O3/c28-20-8-9-23(29)19(17-20)7-10-24(33)31-14-11-30(12-15-31)13-16-32-26(34)21-5-1-3-18-4-2-6-22(25(18)21)27(32)35/h1-10,17H,11-16H2/b10-7+. The van der Waals surface area contributed by atoms with E-state index >= 15 is 0 Å². The molecular weight excluding hydrogens is 452 g/mol. The van der Waals surface area contributed by atoms with E-state index in [0.717, 1.165) is 23.6 Å². The van der Waals surface area contributed by atoms with Crippen molar-refractivity contribution in [3.8, 4) is 0 Å². The van der Waals surface area contributed by atoms with Gasteiger partial charge in [-0.2, -0.15) is 0 Å². The average molecular weight is 475 g/mol. The van der Waals surface area contributed by atoms with Gasteiger partial charge in [0.25, 0.3) is 11.8 Å². The van der Waals surface area contributed by atoms with E-state index in [1.807, 2.05) is 24.3 Å². The minimum atomic E-state index is -0.596. The summed E-state index contributed by atoms with van der Waals surface area (Å²) in [6.07, 6.45) is 2.52. The van der Waals surface area contributed by atoms with Crippen LogP contribution in [0.1, 0.15) is 26.3 Å². The minimum absolute atomic E-state index is 0.0186. The lowest BCUT2D eigenvalue weighted by atomic mass is 9.94. The van der Waals surface area contributed by atoms with Crippen LogP contribution in [0.15, 0.2) is 60.7 Å². The van der Waals surface area contributed by atoms with Gasteiger partial charge in [0, 0.05) is 67.4 Å². The Kier molecular flexibility index (Phi) is 6.13. The fourth-order valence-electron chi connectivity index (χ4n) is 4.63. The van der Waals surface area contributed by atoms with Crippen LogP contribution in [0, 0.1) is 11.6 Å². The zero-order valence-corrected chi connectivity index (χ0v) is 18.9. The van der Waals surface area contributed by atoms with Crippen molar-refractivity contribution in [1.29, 1.82) is 0 Å². The second-order valence-corrected chi connectivity index (χ2v) is 8.64. The Hall–Kier alpha value is -3.91. The van der Waals surface area contributed by atoms with E-state index in [0.29, 0.717) is 49.2 Å². The number of piperazine rings is 1. The van der Waals surface area contributed by atoms with Crippen LogP contribution < -0.4 is 0 Å². The van der Waals surface area contributed by atoms with Gasteiger partial charge in [-0.1, -0.05) is 24.3 Å². The lowest BCUT2D eigenvalue weighted by Gasteiger charge is -2.35. The predicted octanol–water partition coefficient (Wildman–Crippen LogP) is 3.57. The van der Waals surface area contributed by atoms with Crippen LogP contribution in [0.4, 0.5) is 8.78 Å². The molecule has 178 valence electrons. The molecule has 0 aromatic heterocycles. The Morgan fingerprint density at radius 3 is 2.17 bits per heavy atom. The van der Waals surface area contributed by atoms with Gasteiger partial charge in [0.2, 0.25) is 5.91 Å². The molecule has 3 amide bonds. The lowest BCUT2D eigenvalue weighted by molar-refractivity contribution is -0.127. The Labute approximate surface area is 201 Å². The van der Waals surface area contributed by atoms with Crippen molar-refractivity contribution in [2.45, 2.75) is 0 Å². The second kappa shape index (κ2) is 9.38. The SMILES string of the molecule is O=C(/C=C/c1cc(F)ccc1F)N1CCN(CCN2C(=O)c3cccc4cccc(c34)C2=O)CC1. The molecule has 6 nitrogen and oxygen atoms in total. The molecule has 0 radical (unpaired) electrons. The molecule has 1 fully saturated rings. The smallest absolute Gasteiger partial charge is 0.261 e. The maximum absolute atomic E-state index is 13.8. The van der Waals surface area contributed by atoms with Crippen LogP contribution in [0.25, 0.3) is 16.8 Å². The molecular formula is C27H23F2N3O3. The lowest BCUT2D eigenvalue weighted by Crippen LogP contribution is -2.51. The molecule has 5 rings (SSSR count). The number of rotatable bonds is 5. The summed E-state index contributed by atoms with van der Waals surface area (Å²) in [7, 11) is 0. The summed E-state index contributed by atoms with van der Waals surface area (Å²) in [5, 5.41) is 1.58. The van der Waals surface area contributed by atoms with E-state index in [1.165, 1.54) is 17.1 Å². The third kappa shape index (κ3) is 4.44. The van der Waals surface area contributed by atoms with Crippen molar-refractivity contribution in [3.05, 3.63) is 89.0 Å². The number of halogens is 2. The van der Waals surface area contributed by atoms with Crippen molar-refractivity contribution in [3.63, 3.8) is 0 Å². The van der Waals surface area contributed by atoms with E-state index in [2.05, 4.69) is 4.90 Å². The van der Waals surface area contributed by atoms with Gasteiger partial charge in [-0.25, -0.2) is 8.78 Å². The monoisotopic (exact) mass is 475 g/mol. The van der Waals surface area contributed by atoms with Gasteiger partial charge < -0.3 is 4.90 Å². The Morgan fingerprint density at radius 1 is 0.857 bits per heavy atom. The molecule has 35 heavy (non-hydrogen) atoms. The first-order valence-corrected chi connectivity index (χ1v) is 11.4. The summed E-state index contributed by atoms with van der Waals surface area (Å²) >= 11 is 0. The number of carbonyl (C=O) groups is 3. The average Bonchev–Trinajstić information content (AvgIpc) is 2.87. The zero-order chi connectivity index (χ0) is 24.5. The van der Waals surface area contributed by atoms with Crippen LogP contribution in [0.2, 0.25) is 0 Å². The topological polar surface area (TPSA) is 60.9 Å². The van der Waals surface area contributed by atoms with Crippen molar-refractivity contribution >= 4 is 34.6 Å². The first-order valence-electron chi connectivity index (χ1n) is 11.4. The molecule has 0 N–H and O–H groups in total. The predicted molar refractivity (Wildman–Crippen MR) is 128 cm³/mol. The van der Waals surface area contributed by atoms with Gasteiger partial charge in [-0.05, 0) is 41.8 Å². The van der Waals surface area contributed by atoms with E-state index in [-0.39, 0.29) is 29.8 Å². The van der Waals surface area contributed by atoms with Gasteiger partial charge in [0.1, 0.15) is 11.6 Å². The minimum Gasteiger partial charge on any atom is -0.337 e. The second-order valence-electron chi connectivity index (χ2n) is 8.64. The molecule has 0 saturated carbocycles. The molecule has 0 bridgehead atoms. The number of imide groups is 1. The number of hydrogen-bond acceptors (Lipinski definition) is 4. The molecule has 2 aliphatic heterocycles. The highest BCUT2D eigenvalue weighted by atomic mass is 19.1.